The van der Waals surface area contributed by atoms with E-state index in [1.807, 2.05) is 18.2 Å². The molecular formula is C11H10O3. The Bertz CT molecular complexity index is 394. The Balaban J connectivity index is 2.35. The summed E-state index contributed by atoms with van der Waals surface area (Å²) in [6, 6.07) is 5.59. The van der Waals surface area contributed by atoms with E-state index in [4.69, 9.17) is 9.47 Å². The van der Waals surface area contributed by atoms with Gasteiger partial charge in [0, 0.05) is 5.56 Å². The smallest absolute Gasteiger partial charge is 0.231 e. The van der Waals surface area contributed by atoms with Crippen LogP contribution < -0.4 is 9.47 Å². The Hall–Kier alpha value is -1.77. The molecule has 2 rings (SSSR count). The molecule has 1 aromatic carbocycles. The van der Waals surface area contributed by atoms with E-state index in [0.29, 0.717) is 5.75 Å². The molecule has 0 fully saturated rings. The standard InChI is InChI=1S/C11H10O3/c1-8(12)5-6-9-3-2-4-10-11(9)14-7-13-10/h2-6H,7H2,1H3. The summed E-state index contributed by atoms with van der Waals surface area (Å²) in [7, 11) is 0. The third kappa shape index (κ3) is 1.62. The van der Waals surface area contributed by atoms with Gasteiger partial charge < -0.3 is 9.47 Å². The fraction of sp³-hybridized carbons (Fsp3) is 0.182. The van der Waals surface area contributed by atoms with E-state index in [-0.39, 0.29) is 12.6 Å². The van der Waals surface area contributed by atoms with E-state index in [1.54, 1.807) is 6.08 Å². The molecule has 3 heteroatoms. The van der Waals surface area contributed by atoms with Gasteiger partial charge in [-0.05, 0) is 25.1 Å². The van der Waals surface area contributed by atoms with Gasteiger partial charge >= 0.3 is 0 Å². The first-order valence-electron chi connectivity index (χ1n) is 4.34. The summed E-state index contributed by atoms with van der Waals surface area (Å²) in [4.78, 5) is 10.8. The number of hydrogen-bond donors (Lipinski definition) is 0. The van der Waals surface area contributed by atoms with Gasteiger partial charge in [0.05, 0.1) is 0 Å². The lowest BCUT2D eigenvalue weighted by Gasteiger charge is -1.99. The lowest BCUT2D eigenvalue weighted by atomic mass is 10.1. The summed E-state index contributed by atoms with van der Waals surface area (Å²) >= 11 is 0. The average Bonchev–Trinajstić information content (AvgIpc) is 2.62. The predicted molar refractivity (Wildman–Crippen MR) is 52.3 cm³/mol. The Labute approximate surface area is 81.9 Å². The fourth-order valence-corrected chi connectivity index (χ4v) is 1.29. The Kier molecular flexibility index (Phi) is 2.23. The summed E-state index contributed by atoms with van der Waals surface area (Å²) in [5.74, 6) is 1.46. The molecule has 0 saturated heterocycles. The number of allylic oxidation sites excluding steroid dienone is 1. The van der Waals surface area contributed by atoms with Crippen LogP contribution in [0.15, 0.2) is 24.3 Å². The lowest BCUT2D eigenvalue weighted by molar-refractivity contribution is -0.112. The van der Waals surface area contributed by atoms with Crippen LogP contribution >= 0.6 is 0 Å². The van der Waals surface area contributed by atoms with Crippen molar-refractivity contribution in [2.24, 2.45) is 0 Å². The second-order valence-electron chi connectivity index (χ2n) is 3.03. The van der Waals surface area contributed by atoms with Gasteiger partial charge in [-0.25, -0.2) is 0 Å². The number of carbonyl (C=O) groups is 1. The average molecular weight is 190 g/mol. The number of para-hydroxylation sites is 1. The number of ketones is 1. The molecule has 0 aromatic heterocycles. The molecule has 0 saturated carbocycles. The van der Waals surface area contributed by atoms with E-state index in [2.05, 4.69) is 0 Å². The number of rotatable bonds is 2. The van der Waals surface area contributed by atoms with Crippen molar-refractivity contribution in [3.63, 3.8) is 0 Å². The van der Waals surface area contributed by atoms with Crippen molar-refractivity contribution in [3.05, 3.63) is 29.8 Å². The zero-order chi connectivity index (χ0) is 9.97. The van der Waals surface area contributed by atoms with Crippen molar-refractivity contribution in [3.8, 4) is 11.5 Å². The lowest BCUT2D eigenvalue weighted by Crippen LogP contribution is -1.93. The molecule has 0 amide bonds. The van der Waals surface area contributed by atoms with Crippen molar-refractivity contribution in [1.29, 1.82) is 0 Å². The first-order chi connectivity index (χ1) is 6.77. The molecule has 0 radical (unpaired) electrons. The molecule has 72 valence electrons. The molecule has 1 heterocycles. The van der Waals surface area contributed by atoms with Gasteiger partial charge in [-0.3, -0.25) is 4.79 Å². The highest BCUT2D eigenvalue weighted by Gasteiger charge is 2.15. The van der Waals surface area contributed by atoms with Crippen molar-refractivity contribution < 1.29 is 14.3 Å². The molecule has 0 atom stereocenters. The molecule has 0 N–H and O–H groups in total. The van der Waals surface area contributed by atoms with Crippen molar-refractivity contribution in [2.45, 2.75) is 6.92 Å². The van der Waals surface area contributed by atoms with Crippen LogP contribution in [-0.4, -0.2) is 12.6 Å². The SMILES string of the molecule is CC(=O)C=Cc1cccc2c1OCO2. The van der Waals surface area contributed by atoms with Gasteiger partial charge in [-0.15, -0.1) is 0 Å². The summed E-state index contributed by atoms with van der Waals surface area (Å²) in [6.07, 6.45) is 3.24. The summed E-state index contributed by atoms with van der Waals surface area (Å²) in [5, 5.41) is 0. The normalized spacial score (nSPS) is 13.5. The highest BCUT2D eigenvalue weighted by atomic mass is 16.7. The molecule has 1 aromatic rings. The predicted octanol–water partition coefficient (Wildman–Crippen LogP) is 2.02. The minimum Gasteiger partial charge on any atom is -0.454 e. The van der Waals surface area contributed by atoms with Crippen LogP contribution in [0.2, 0.25) is 0 Å². The van der Waals surface area contributed by atoms with E-state index in [1.165, 1.54) is 13.0 Å². The largest absolute Gasteiger partial charge is 0.454 e. The Morgan fingerprint density at radius 3 is 3.07 bits per heavy atom. The molecule has 0 unspecified atom stereocenters. The molecule has 0 bridgehead atoms. The van der Waals surface area contributed by atoms with Gasteiger partial charge in [0.2, 0.25) is 6.79 Å². The monoisotopic (exact) mass is 190 g/mol. The molecule has 0 aliphatic carbocycles. The van der Waals surface area contributed by atoms with Crippen molar-refractivity contribution in [2.75, 3.05) is 6.79 Å². The Morgan fingerprint density at radius 2 is 2.29 bits per heavy atom. The van der Waals surface area contributed by atoms with Crippen LogP contribution in [0.4, 0.5) is 0 Å². The van der Waals surface area contributed by atoms with Gasteiger partial charge in [-0.1, -0.05) is 12.1 Å². The van der Waals surface area contributed by atoms with Gasteiger partial charge in [0.25, 0.3) is 0 Å². The maximum Gasteiger partial charge on any atom is 0.231 e. The summed E-state index contributed by atoms with van der Waals surface area (Å²) in [5.41, 5.74) is 0.871. The molecule has 1 aliphatic rings. The zero-order valence-corrected chi connectivity index (χ0v) is 7.82. The third-order valence-corrected chi connectivity index (χ3v) is 1.92. The summed E-state index contributed by atoms with van der Waals surface area (Å²) < 4.78 is 10.5. The van der Waals surface area contributed by atoms with E-state index >= 15 is 0 Å². The maximum absolute atomic E-state index is 10.8. The number of carbonyl (C=O) groups excluding carboxylic acids is 1. The van der Waals surface area contributed by atoms with Crippen molar-refractivity contribution in [1.82, 2.24) is 0 Å². The summed E-state index contributed by atoms with van der Waals surface area (Å²) in [6.45, 7) is 1.76. The van der Waals surface area contributed by atoms with E-state index in [0.717, 1.165) is 11.3 Å². The number of fused-ring (bicyclic) bond motifs is 1. The molecule has 14 heavy (non-hydrogen) atoms. The highest BCUT2D eigenvalue weighted by Crippen LogP contribution is 2.35. The first kappa shape index (κ1) is 8.81. The first-order valence-corrected chi connectivity index (χ1v) is 4.34. The van der Waals surface area contributed by atoms with Crippen LogP contribution in [-0.2, 0) is 4.79 Å². The van der Waals surface area contributed by atoms with Crippen LogP contribution in [0, 0.1) is 0 Å². The second-order valence-corrected chi connectivity index (χ2v) is 3.03. The van der Waals surface area contributed by atoms with E-state index in [9.17, 15) is 4.79 Å². The second kappa shape index (κ2) is 3.54. The fourth-order valence-electron chi connectivity index (χ4n) is 1.29. The third-order valence-electron chi connectivity index (χ3n) is 1.92. The Morgan fingerprint density at radius 1 is 1.43 bits per heavy atom. The topological polar surface area (TPSA) is 35.5 Å². The van der Waals surface area contributed by atoms with Crippen LogP contribution in [0.1, 0.15) is 12.5 Å². The number of ether oxygens (including phenoxy) is 2. The number of benzene rings is 1. The minimum absolute atomic E-state index is 0.0153. The molecule has 3 nitrogen and oxygen atoms in total. The maximum atomic E-state index is 10.8. The highest BCUT2D eigenvalue weighted by molar-refractivity contribution is 5.92. The van der Waals surface area contributed by atoms with Crippen LogP contribution in [0.3, 0.4) is 0 Å². The zero-order valence-electron chi connectivity index (χ0n) is 7.82. The van der Waals surface area contributed by atoms with Crippen molar-refractivity contribution >= 4 is 11.9 Å². The number of hydrogen-bond acceptors (Lipinski definition) is 3. The molecular weight excluding hydrogens is 180 g/mol. The van der Waals surface area contributed by atoms with E-state index < -0.39 is 0 Å². The molecule has 1 aliphatic heterocycles. The minimum atomic E-state index is 0.0153. The molecule has 0 spiro atoms. The quantitative estimate of drug-likeness (QED) is 0.669. The van der Waals surface area contributed by atoms with Gasteiger partial charge in [0.1, 0.15) is 0 Å². The van der Waals surface area contributed by atoms with Gasteiger partial charge in [-0.2, -0.15) is 0 Å². The van der Waals surface area contributed by atoms with Crippen LogP contribution in [0.25, 0.3) is 6.08 Å². The van der Waals surface area contributed by atoms with Crippen LogP contribution in [0.5, 0.6) is 11.5 Å². The van der Waals surface area contributed by atoms with Gasteiger partial charge in [0.15, 0.2) is 17.3 Å².